The summed E-state index contributed by atoms with van der Waals surface area (Å²) >= 11 is 1.77. The highest BCUT2D eigenvalue weighted by Crippen LogP contribution is 2.27. The molecule has 1 aromatic heterocycles. The zero-order chi connectivity index (χ0) is 18.1. The van der Waals surface area contributed by atoms with Crippen molar-refractivity contribution in [2.75, 3.05) is 27.8 Å². The molecule has 0 bridgehead atoms. The summed E-state index contributed by atoms with van der Waals surface area (Å²) in [5.41, 5.74) is 2.55. The molecule has 25 heavy (non-hydrogen) atoms. The van der Waals surface area contributed by atoms with E-state index in [0.717, 1.165) is 43.4 Å². The van der Waals surface area contributed by atoms with Crippen molar-refractivity contribution < 1.29 is 9.47 Å². The second-order valence-electron chi connectivity index (χ2n) is 5.67. The molecule has 1 heterocycles. The summed E-state index contributed by atoms with van der Waals surface area (Å²) in [5, 5.41) is 8.83. The lowest BCUT2D eigenvalue weighted by atomic mass is 10.1. The van der Waals surface area contributed by atoms with Gasteiger partial charge in [-0.3, -0.25) is 4.99 Å². The van der Waals surface area contributed by atoms with Gasteiger partial charge < -0.3 is 20.1 Å². The van der Waals surface area contributed by atoms with Crippen LogP contribution in [0.4, 0.5) is 0 Å². The first-order chi connectivity index (χ1) is 12.2. The van der Waals surface area contributed by atoms with Gasteiger partial charge in [0.1, 0.15) is 0 Å². The van der Waals surface area contributed by atoms with E-state index in [1.807, 2.05) is 12.1 Å². The first-order valence-electron chi connectivity index (χ1n) is 8.36. The van der Waals surface area contributed by atoms with E-state index < -0.39 is 0 Å². The molecular formula is C19H27N3O2S. The van der Waals surface area contributed by atoms with Crippen LogP contribution in [0.25, 0.3) is 0 Å². The second kappa shape index (κ2) is 9.93. The van der Waals surface area contributed by atoms with Crippen LogP contribution < -0.4 is 20.1 Å². The monoisotopic (exact) mass is 361 g/mol. The molecule has 2 N–H and O–H groups in total. The van der Waals surface area contributed by atoms with E-state index in [1.54, 1.807) is 32.6 Å². The van der Waals surface area contributed by atoms with Gasteiger partial charge in [0, 0.05) is 18.5 Å². The molecule has 6 heteroatoms. The van der Waals surface area contributed by atoms with Crippen molar-refractivity contribution in [3.8, 4) is 11.5 Å². The first kappa shape index (κ1) is 19.1. The van der Waals surface area contributed by atoms with Gasteiger partial charge in [0.25, 0.3) is 0 Å². The van der Waals surface area contributed by atoms with Crippen LogP contribution in [0, 0.1) is 6.92 Å². The minimum Gasteiger partial charge on any atom is -0.493 e. The molecule has 0 radical (unpaired) electrons. The van der Waals surface area contributed by atoms with Gasteiger partial charge in [-0.2, -0.15) is 0 Å². The van der Waals surface area contributed by atoms with E-state index in [0.29, 0.717) is 0 Å². The van der Waals surface area contributed by atoms with Gasteiger partial charge in [-0.05, 0) is 54.5 Å². The quantitative estimate of drug-likeness (QED) is 0.430. The number of hydrogen-bond donors (Lipinski definition) is 2. The molecule has 0 spiro atoms. The van der Waals surface area contributed by atoms with Crippen molar-refractivity contribution in [2.45, 2.75) is 26.3 Å². The SMILES string of the molecule is CN=C(NCCCc1ccc(OC)c(OC)c1)NCc1sccc1C. The van der Waals surface area contributed by atoms with Gasteiger partial charge in [0.05, 0.1) is 20.8 Å². The molecule has 5 nitrogen and oxygen atoms in total. The Hall–Kier alpha value is -2.21. The Kier molecular flexibility index (Phi) is 7.60. The standard InChI is InChI=1S/C19H27N3O2S/c1-14-9-11-25-18(14)13-22-19(20-2)21-10-5-6-15-7-8-16(23-3)17(12-15)24-4/h7-9,11-12H,5-6,10,13H2,1-4H3,(H2,20,21,22). The summed E-state index contributed by atoms with van der Waals surface area (Å²) in [5.74, 6) is 2.37. The third-order valence-corrected chi connectivity index (χ3v) is 5.01. The molecule has 2 rings (SSSR count). The van der Waals surface area contributed by atoms with Crippen molar-refractivity contribution >= 4 is 17.3 Å². The highest BCUT2D eigenvalue weighted by Gasteiger charge is 2.05. The van der Waals surface area contributed by atoms with Crippen molar-refractivity contribution in [2.24, 2.45) is 4.99 Å². The maximum absolute atomic E-state index is 5.35. The summed E-state index contributed by atoms with van der Waals surface area (Å²) in [6, 6.07) is 8.20. The molecule has 136 valence electrons. The zero-order valence-electron chi connectivity index (χ0n) is 15.4. The van der Waals surface area contributed by atoms with Crippen LogP contribution in [0.5, 0.6) is 11.5 Å². The topological polar surface area (TPSA) is 54.9 Å². The Bertz CT molecular complexity index is 698. The van der Waals surface area contributed by atoms with Crippen LogP contribution in [-0.2, 0) is 13.0 Å². The molecule has 0 saturated heterocycles. The lowest BCUT2D eigenvalue weighted by molar-refractivity contribution is 0.354. The summed E-state index contributed by atoms with van der Waals surface area (Å²) in [6.07, 6.45) is 1.97. The fourth-order valence-corrected chi connectivity index (χ4v) is 3.35. The molecule has 0 aliphatic carbocycles. The predicted molar refractivity (Wildman–Crippen MR) is 105 cm³/mol. The van der Waals surface area contributed by atoms with E-state index in [9.17, 15) is 0 Å². The average Bonchev–Trinajstić information content (AvgIpc) is 3.05. The van der Waals surface area contributed by atoms with E-state index >= 15 is 0 Å². The number of aliphatic imine (C=N–C) groups is 1. The van der Waals surface area contributed by atoms with Crippen molar-refractivity contribution in [1.82, 2.24) is 10.6 Å². The van der Waals surface area contributed by atoms with Crippen LogP contribution >= 0.6 is 11.3 Å². The number of nitrogens with zero attached hydrogens (tertiary/aromatic N) is 1. The molecule has 0 atom stereocenters. The number of methoxy groups -OCH3 is 2. The molecule has 0 saturated carbocycles. The summed E-state index contributed by atoms with van der Waals surface area (Å²) in [4.78, 5) is 5.62. The van der Waals surface area contributed by atoms with E-state index in [4.69, 9.17) is 9.47 Å². The molecule has 1 aromatic carbocycles. The normalized spacial score (nSPS) is 11.3. The van der Waals surface area contributed by atoms with E-state index in [2.05, 4.69) is 40.1 Å². The van der Waals surface area contributed by atoms with Gasteiger partial charge >= 0.3 is 0 Å². The van der Waals surface area contributed by atoms with Gasteiger partial charge in [0.15, 0.2) is 17.5 Å². The Morgan fingerprint density at radius 3 is 2.56 bits per heavy atom. The fraction of sp³-hybridized carbons (Fsp3) is 0.421. The average molecular weight is 362 g/mol. The summed E-state index contributed by atoms with van der Waals surface area (Å²) in [6.45, 7) is 3.79. The number of benzene rings is 1. The maximum atomic E-state index is 5.35. The predicted octanol–water partition coefficient (Wildman–Crippen LogP) is 3.37. The minimum absolute atomic E-state index is 0.762. The number of thiophene rings is 1. The lowest BCUT2D eigenvalue weighted by Crippen LogP contribution is -2.37. The number of ether oxygens (including phenoxy) is 2. The van der Waals surface area contributed by atoms with Crippen molar-refractivity contribution in [1.29, 1.82) is 0 Å². The first-order valence-corrected chi connectivity index (χ1v) is 9.24. The summed E-state index contributed by atoms with van der Waals surface area (Å²) < 4.78 is 10.6. The highest BCUT2D eigenvalue weighted by molar-refractivity contribution is 7.10. The fourth-order valence-electron chi connectivity index (χ4n) is 2.51. The van der Waals surface area contributed by atoms with Gasteiger partial charge in [0.2, 0.25) is 0 Å². The molecule has 0 aliphatic heterocycles. The van der Waals surface area contributed by atoms with Crippen LogP contribution in [0.1, 0.15) is 22.4 Å². The van der Waals surface area contributed by atoms with Crippen molar-refractivity contribution in [3.63, 3.8) is 0 Å². The largest absolute Gasteiger partial charge is 0.493 e. The summed E-state index contributed by atoms with van der Waals surface area (Å²) in [7, 11) is 5.11. The third kappa shape index (κ3) is 5.67. The van der Waals surface area contributed by atoms with Crippen LogP contribution in [0.3, 0.4) is 0 Å². The molecule has 0 fully saturated rings. The van der Waals surface area contributed by atoms with Gasteiger partial charge in [-0.15, -0.1) is 11.3 Å². The highest BCUT2D eigenvalue weighted by atomic mass is 32.1. The number of aryl methyl sites for hydroxylation is 2. The number of hydrogen-bond acceptors (Lipinski definition) is 4. The third-order valence-electron chi connectivity index (χ3n) is 3.99. The van der Waals surface area contributed by atoms with E-state index in [-0.39, 0.29) is 0 Å². The van der Waals surface area contributed by atoms with Gasteiger partial charge in [-0.25, -0.2) is 0 Å². The maximum Gasteiger partial charge on any atom is 0.191 e. The number of guanidine groups is 1. The molecular weight excluding hydrogens is 334 g/mol. The van der Waals surface area contributed by atoms with Crippen LogP contribution in [0.15, 0.2) is 34.6 Å². The van der Waals surface area contributed by atoms with Crippen molar-refractivity contribution in [3.05, 3.63) is 45.6 Å². The smallest absolute Gasteiger partial charge is 0.191 e. The molecule has 0 unspecified atom stereocenters. The van der Waals surface area contributed by atoms with Gasteiger partial charge in [-0.1, -0.05) is 6.07 Å². The number of nitrogens with one attached hydrogen (secondary N) is 2. The Balaban J connectivity index is 1.75. The Labute approximate surface area is 154 Å². The molecule has 0 aliphatic rings. The van der Waals surface area contributed by atoms with Crippen LogP contribution in [-0.4, -0.2) is 33.8 Å². The molecule has 0 amide bonds. The van der Waals surface area contributed by atoms with Crippen LogP contribution in [0.2, 0.25) is 0 Å². The van der Waals surface area contributed by atoms with E-state index in [1.165, 1.54) is 16.0 Å². The molecule has 2 aromatic rings. The Morgan fingerprint density at radius 1 is 1.12 bits per heavy atom. The lowest BCUT2D eigenvalue weighted by Gasteiger charge is -2.12. The second-order valence-corrected chi connectivity index (χ2v) is 6.67. The Morgan fingerprint density at radius 2 is 1.92 bits per heavy atom. The number of rotatable bonds is 8. The zero-order valence-corrected chi connectivity index (χ0v) is 16.2. The minimum atomic E-state index is 0.762.